The molecule has 0 aromatic heterocycles. The number of aliphatic hydroxyl groups is 1. The fourth-order valence-corrected chi connectivity index (χ4v) is 3.73. The zero-order chi connectivity index (χ0) is 15.1. The Labute approximate surface area is 126 Å². The van der Waals surface area contributed by atoms with E-state index in [0.29, 0.717) is 0 Å². The molecule has 2 aromatic carbocycles. The molecule has 3 rings (SSSR count). The van der Waals surface area contributed by atoms with Crippen LogP contribution in [0.2, 0.25) is 0 Å². The molecule has 2 atom stereocenters. The van der Waals surface area contributed by atoms with Gasteiger partial charge in [-0.1, -0.05) is 74.5 Å². The Morgan fingerprint density at radius 3 is 1.67 bits per heavy atom. The second-order valence-electron chi connectivity index (χ2n) is 6.41. The van der Waals surface area contributed by atoms with Crippen LogP contribution < -0.4 is 0 Å². The average molecular weight is 282 g/mol. The Balaban J connectivity index is 2.16. The van der Waals surface area contributed by atoms with Crippen molar-refractivity contribution < 1.29 is 9.84 Å². The van der Waals surface area contributed by atoms with E-state index in [0.717, 1.165) is 11.1 Å². The lowest BCUT2D eigenvalue weighted by Crippen LogP contribution is -2.67. The van der Waals surface area contributed by atoms with Gasteiger partial charge in [0.2, 0.25) is 0 Å². The van der Waals surface area contributed by atoms with Gasteiger partial charge in [-0.15, -0.1) is 0 Å². The molecule has 1 N–H and O–H groups in total. The van der Waals surface area contributed by atoms with Crippen LogP contribution in [0, 0.1) is 5.41 Å². The third-order valence-electron chi connectivity index (χ3n) is 4.72. The zero-order valence-electron chi connectivity index (χ0n) is 12.8. The molecular formula is C19H22O2. The maximum Gasteiger partial charge on any atom is 0.126 e. The average Bonchev–Trinajstić information content (AvgIpc) is 2.48. The van der Waals surface area contributed by atoms with E-state index in [1.54, 1.807) is 6.92 Å². The summed E-state index contributed by atoms with van der Waals surface area (Å²) in [7, 11) is 0. The molecule has 1 aliphatic heterocycles. The van der Waals surface area contributed by atoms with E-state index in [9.17, 15) is 5.11 Å². The second kappa shape index (κ2) is 4.97. The number of hydrogen-bond acceptors (Lipinski definition) is 2. The van der Waals surface area contributed by atoms with Crippen molar-refractivity contribution in [3.05, 3.63) is 71.8 Å². The van der Waals surface area contributed by atoms with E-state index in [-0.39, 0.29) is 11.5 Å². The molecule has 0 amide bonds. The highest BCUT2D eigenvalue weighted by Crippen LogP contribution is 2.60. The third-order valence-corrected chi connectivity index (χ3v) is 4.72. The molecule has 0 aliphatic carbocycles. The first-order valence-electron chi connectivity index (χ1n) is 7.47. The zero-order valence-corrected chi connectivity index (χ0v) is 12.8. The Morgan fingerprint density at radius 2 is 1.33 bits per heavy atom. The maximum atomic E-state index is 10.0. The Bertz CT molecular complexity index is 562. The molecule has 0 unspecified atom stereocenters. The molecule has 21 heavy (non-hydrogen) atoms. The summed E-state index contributed by atoms with van der Waals surface area (Å²) in [5.41, 5.74) is 1.58. The molecule has 0 radical (unpaired) electrons. The number of aliphatic hydroxyl groups excluding tert-OH is 1. The lowest BCUT2D eigenvalue weighted by molar-refractivity contribution is -0.317. The molecule has 2 aromatic rings. The highest BCUT2D eigenvalue weighted by molar-refractivity contribution is 5.42. The van der Waals surface area contributed by atoms with Crippen molar-refractivity contribution in [2.24, 2.45) is 5.41 Å². The van der Waals surface area contributed by atoms with Crippen LogP contribution in [-0.4, -0.2) is 17.3 Å². The van der Waals surface area contributed by atoms with Gasteiger partial charge in [0.1, 0.15) is 5.60 Å². The monoisotopic (exact) mass is 282 g/mol. The van der Waals surface area contributed by atoms with Crippen LogP contribution >= 0.6 is 0 Å². The van der Waals surface area contributed by atoms with Crippen LogP contribution in [0.25, 0.3) is 0 Å². The van der Waals surface area contributed by atoms with E-state index < -0.39 is 11.7 Å². The lowest BCUT2D eigenvalue weighted by atomic mass is 9.58. The number of rotatable bonds is 3. The van der Waals surface area contributed by atoms with Crippen molar-refractivity contribution in [3.63, 3.8) is 0 Å². The first kappa shape index (κ1) is 14.3. The molecule has 2 heteroatoms. The SMILES string of the molecule is C[C@H](O)[C@H]1OC(c2ccccc2)(c2ccccc2)C1(C)C. The van der Waals surface area contributed by atoms with Crippen molar-refractivity contribution in [2.45, 2.75) is 38.6 Å². The number of ether oxygens (including phenoxy) is 1. The molecule has 110 valence electrons. The third kappa shape index (κ3) is 1.94. The molecule has 0 spiro atoms. The highest BCUT2D eigenvalue weighted by Gasteiger charge is 2.64. The van der Waals surface area contributed by atoms with E-state index >= 15 is 0 Å². The van der Waals surface area contributed by atoms with Crippen molar-refractivity contribution in [1.29, 1.82) is 0 Å². The van der Waals surface area contributed by atoms with Crippen molar-refractivity contribution in [2.75, 3.05) is 0 Å². The minimum absolute atomic E-state index is 0.169. The predicted octanol–water partition coefficient (Wildman–Crippen LogP) is 3.74. The first-order valence-corrected chi connectivity index (χ1v) is 7.47. The van der Waals surface area contributed by atoms with Crippen molar-refractivity contribution in [1.82, 2.24) is 0 Å². The van der Waals surface area contributed by atoms with Crippen LogP contribution in [0.15, 0.2) is 60.7 Å². The highest BCUT2D eigenvalue weighted by atomic mass is 16.6. The summed E-state index contributed by atoms with van der Waals surface area (Å²) in [6, 6.07) is 20.6. The number of benzene rings is 2. The van der Waals surface area contributed by atoms with E-state index in [4.69, 9.17) is 4.74 Å². The van der Waals surface area contributed by atoms with Crippen LogP contribution in [0.3, 0.4) is 0 Å². The normalized spacial score (nSPS) is 24.1. The van der Waals surface area contributed by atoms with Gasteiger partial charge in [-0.25, -0.2) is 0 Å². The van der Waals surface area contributed by atoms with Crippen LogP contribution in [-0.2, 0) is 10.3 Å². The molecule has 2 nitrogen and oxygen atoms in total. The Hall–Kier alpha value is -1.64. The smallest absolute Gasteiger partial charge is 0.126 e. The van der Waals surface area contributed by atoms with Gasteiger partial charge in [0.25, 0.3) is 0 Å². The Morgan fingerprint density at radius 1 is 0.905 bits per heavy atom. The van der Waals surface area contributed by atoms with Gasteiger partial charge >= 0.3 is 0 Å². The van der Waals surface area contributed by atoms with Crippen molar-refractivity contribution in [3.8, 4) is 0 Å². The number of hydrogen-bond donors (Lipinski definition) is 1. The van der Waals surface area contributed by atoms with Gasteiger partial charge < -0.3 is 9.84 Å². The van der Waals surface area contributed by atoms with Crippen LogP contribution in [0.5, 0.6) is 0 Å². The first-order chi connectivity index (χ1) is 10.00. The topological polar surface area (TPSA) is 29.5 Å². The van der Waals surface area contributed by atoms with Crippen molar-refractivity contribution >= 4 is 0 Å². The molecule has 0 saturated carbocycles. The lowest BCUT2D eigenvalue weighted by Gasteiger charge is -2.62. The van der Waals surface area contributed by atoms with E-state index in [2.05, 4.69) is 38.1 Å². The second-order valence-corrected chi connectivity index (χ2v) is 6.41. The standard InChI is InChI=1S/C19H22O2/c1-14(20)17-18(2,3)19(21-17,15-10-6-4-7-11-15)16-12-8-5-9-13-16/h4-14,17,20H,1-3H3/t14-,17+/m0/s1. The van der Waals surface area contributed by atoms with Crippen LogP contribution in [0.4, 0.5) is 0 Å². The molecule has 1 heterocycles. The summed E-state index contributed by atoms with van der Waals surface area (Å²) in [6.07, 6.45) is -0.654. The van der Waals surface area contributed by atoms with Gasteiger partial charge in [-0.3, -0.25) is 0 Å². The molecule has 1 aliphatic rings. The fourth-order valence-electron chi connectivity index (χ4n) is 3.73. The summed E-state index contributed by atoms with van der Waals surface area (Å²) in [4.78, 5) is 0. The summed E-state index contributed by atoms with van der Waals surface area (Å²) < 4.78 is 6.33. The van der Waals surface area contributed by atoms with Gasteiger partial charge in [-0.05, 0) is 18.1 Å². The van der Waals surface area contributed by atoms with E-state index in [1.165, 1.54) is 0 Å². The van der Waals surface area contributed by atoms with Gasteiger partial charge in [0, 0.05) is 5.41 Å². The Kier molecular flexibility index (Phi) is 3.39. The maximum absolute atomic E-state index is 10.0. The fraction of sp³-hybridized carbons (Fsp3) is 0.368. The summed E-state index contributed by atoms with van der Waals surface area (Å²) in [5, 5.41) is 10.0. The van der Waals surface area contributed by atoms with Gasteiger partial charge in [0.05, 0.1) is 12.2 Å². The van der Waals surface area contributed by atoms with E-state index in [1.807, 2.05) is 36.4 Å². The molecular weight excluding hydrogens is 260 g/mol. The molecule has 1 saturated heterocycles. The largest absolute Gasteiger partial charge is 0.391 e. The van der Waals surface area contributed by atoms with Crippen LogP contribution in [0.1, 0.15) is 31.9 Å². The van der Waals surface area contributed by atoms with Gasteiger partial charge in [0.15, 0.2) is 0 Å². The minimum atomic E-state index is -0.503. The summed E-state index contributed by atoms with van der Waals surface area (Å²) in [6.45, 7) is 6.15. The van der Waals surface area contributed by atoms with Gasteiger partial charge in [-0.2, -0.15) is 0 Å². The molecule has 1 fully saturated rings. The minimum Gasteiger partial charge on any atom is -0.391 e. The predicted molar refractivity (Wildman–Crippen MR) is 84.0 cm³/mol. The summed E-state index contributed by atoms with van der Waals surface area (Å²) in [5.74, 6) is 0. The molecule has 0 bridgehead atoms. The summed E-state index contributed by atoms with van der Waals surface area (Å²) >= 11 is 0. The quantitative estimate of drug-likeness (QED) is 0.929.